The molecule has 5 heteroatoms. The number of aliphatic hydroxyl groups is 1. The van der Waals surface area contributed by atoms with Gasteiger partial charge in [0.2, 0.25) is 0 Å². The fourth-order valence-electron chi connectivity index (χ4n) is 3.67. The van der Waals surface area contributed by atoms with Crippen molar-refractivity contribution in [2.75, 3.05) is 13.2 Å². The molecule has 2 heterocycles. The van der Waals surface area contributed by atoms with E-state index in [2.05, 4.69) is 22.0 Å². The number of hydrogen-bond donors (Lipinski definition) is 1. The van der Waals surface area contributed by atoms with E-state index in [0.29, 0.717) is 25.1 Å². The molecule has 0 spiro atoms. The number of hydrogen-bond acceptors (Lipinski definition) is 5. The highest BCUT2D eigenvalue weighted by atomic mass is 16.5. The number of β-amino-alcohol motifs (C(OH)–C–C–N with tert-alkyl or cyclic N) is 1. The first-order valence-electron chi connectivity index (χ1n) is 9.64. The second kappa shape index (κ2) is 8.50. The van der Waals surface area contributed by atoms with E-state index in [1.807, 2.05) is 42.5 Å². The number of rotatable bonds is 8. The van der Waals surface area contributed by atoms with E-state index in [9.17, 15) is 9.90 Å². The highest BCUT2D eigenvalue weighted by molar-refractivity contribution is 5.85. The fraction of sp³-hybridized carbons (Fsp3) is 0.304. The fourth-order valence-corrected chi connectivity index (χ4v) is 3.67. The summed E-state index contributed by atoms with van der Waals surface area (Å²) < 4.78 is 5.69. The number of ketones is 1. The van der Waals surface area contributed by atoms with E-state index in [-0.39, 0.29) is 12.4 Å². The third-order valence-corrected chi connectivity index (χ3v) is 5.12. The summed E-state index contributed by atoms with van der Waals surface area (Å²) >= 11 is 0. The smallest absolute Gasteiger partial charge is 0.170 e. The molecule has 0 amide bonds. The Morgan fingerprint density at radius 1 is 1.07 bits per heavy atom. The van der Waals surface area contributed by atoms with Crippen LogP contribution >= 0.6 is 0 Å². The lowest BCUT2D eigenvalue weighted by atomic mass is 10.1. The number of ether oxygens (including phenoxy) is 1. The van der Waals surface area contributed by atoms with Gasteiger partial charge in [-0.25, -0.2) is 0 Å². The van der Waals surface area contributed by atoms with Gasteiger partial charge in [-0.3, -0.25) is 14.7 Å². The molecule has 0 saturated carbocycles. The van der Waals surface area contributed by atoms with Crippen molar-refractivity contribution in [2.45, 2.75) is 32.0 Å². The summed E-state index contributed by atoms with van der Waals surface area (Å²) in [5, 5.41) is 11.3. The van der Waals surface area contributed by atoms with E-state index >= 15 is 0 Å². The minimum atomic E-state index is -0.516. The molecule has 1 unspecified atom stereocenters. The van der Waals surface area contributed by atoms with Gasteiger partial charge in [0.25, 0.3) is 0 Å². The van der Waals surface area contributed by atoms with E-state index < -0.39 is 6.10 Å². The molecule has 4 rings (SSSR count). The van der Waals surface area contributed by atoms with Crippen molar-refractivity contribution in [2.24, 2.45) is 0 Å². The minimum absolute atomic E-state index is 0.00242. The lowest BCUT2D eigenvalue weighted by Gasteiger charge is -2.19. The molecular weight excluding hydrogens is 352 g/mol. The monoisotopic (exact) mass is 376 g/mol. The van der Waals surface area contributed by atoms with Gasteiger partial charge >= 0.3 is 0 Å². The second-order valence-corrected chi connectivity index (χ2v) is 7.29. The molecule has 5 nitrogen and oxygen atoms in total. The highest BCUT2D eigenvalue weighted by Crippen LogP contribution is 2.24. The number of aliphatic hydroxyl groups excluding tert-OH is 1. The molecule has 0 aliphatic carbocycles. The minimum Gasteiger partial charge on any atom is -0.484 e. The second-order valence-electron chi connectivity index (χ2n) is 7.29. The first-order valence-corrected chi connectivity index (χ1v) is 9.64. The Morgan fingerprint density at radius 3 is 2.61 bits per heavy atom. The van der Waals surface area contributed by atoms with Crippen molar-refractivity contribution in [3.63, 3.8) is 0 Å². The van der Waals surface area contributed by atoms with Crippen molar-refractivity contribution in [1.82, 2.24) is 9.88 Å². The van der Waals surface area contributed by atoms with Crippen LogP contribution in [0.25, 0.3) is 10.9 Å². The zero-order valence-electron chi connectivity index (χ0n) is 15.8. The van der Waals surface area contributed by atoms with Crippen LogP contribution in [0.4, 0.5) is 0 Å². The number of Topliss-reactive ketones (excluding diaryl/α,β-unsaturated/α-hetero) is 1. The Balaban J connectivity index is 1.22. The average molecular weight is 376 g/mol. The van der Waals surface area contributed by atoms with E-state index in [1.54, 1.807) is 6.20 Å². The Kier molecular flexibility index (Phi) is 5.65. The zero-order chi connectivity index (χ0) is 19.3. The number of benzene rings is 2. The highest BCUT2D eigenvalue weighted by Gasteiger charge is 2.21. The van der Waals surface area contributed by atoms with Crippen LogP contribution in [0.15, 0.2) is 60.8 Å². The van der Waals surface area contributed by atoms with Gasteiger partial charge in [-0.05, 0) is 29.7 Å². The Bertz CT molecular complexity index is 942. The quantitative estimate of drug-likeness (QED) is 0.653. The maximum Gasteiger partial charge on any atom is 0.170 e. The number of para-hydroxylation sites is 1. The summed E-state index contributed by atoms with van der Waals surface area (Å²) in [6, 6.07) is 17.9. The van der Waals surface area contributed by atoms with Gasteiger partial charge in [0, 0.05) is 37.6 Å². The molecule has 1 aromatic heterocycles. The van der Waals surface area contributed by atoms with Gasteiger partial charge < -0.3 is 9.84 Å². The average Bonchev–Trinajstić information content (AvgIpc) is 3.13. The third-order valence-electron chi connectivity index (χ3n) is 5.12. The predicted molar refractivity (Wildman–Crippen MR) is 108 cm³/mol. The van der Waals surface area contributed by atoms with E-state index in [1.165, 1.54) is 11.1 Å². The lowest BCUT2D eigenvalue weighted by molar-refractivity contribution is -0.121. The van der Waals surface area contributed by atoms with Crippen LogP contribution in [0.5, 0.6) is 5.75 Å². The molecule has 28 heavy (non-hydrogen) atoms. The molecule has 0 saturated heterocycles. The van der Waals surface area contributed by atoms with Gasteiger partial charge in [0.1, 0.15) is 17.9 Å². The third kappa shape index (κ3) is 4.38. The van der Waals surface area contributed by atoms with Crippen molar-refractivity contribution >= 4 is 16.7 Å². The number of fused-ring (bicyclic) bond motifs is 2. The van der Waals surface area contributed by atoms with E-state index in [0.717, 1.165) is 24.0 Å². The SMILES string of the molecule is O=C(CCC(O)CN1Cc2ccccc2C1)COc1cccc2cccnc12. The van der Waals surface area contributed by atoms with Gasteiger partial charge in [-0.2, -0.15) is 0 Å². The van der Waals surface area contributed by atoms with Crippen molar-refractivity contribution < 1.29 is 14.6 Å². The largest absolute Gasteiger partial charge is 0.484 e. The zero-order valence-corrected chi connectivity index (χ0v) is 15.8. The maximum absolute atomic E-state index is 12.2. The van der Waals surface area contributed by atoms with Gasteiger partial charge in [0.05, 0.1) is 6.10 Å². The summed E-state index contributed by atoms with van der Waals surface area (Å²) in [6.45, 7) is 2.30. The lowest BCUT2D eigenvalue weighted by Crippen LogP contribution is -2.29. The molecule has 3 aromatic rings. The topological polar surface area (TPSA) is 62.7 Å². The van der Waals surface area contributed by atoms with Gasteiger partial charge in [0.15, 0.2) is 5.78 Å². The van der Waals surface area contributed by atoms with Crippen molar-refractivity contribution in [3.8, 4) is 5.75 Å². The van der Waals surface area contributed by atoms with Crippen molar-refractivity contribution in [1.29, 1.82) is 0 Å². The summed E-state index contributed by atoms with van der Waals surface area (Å²) in [5.41, 5.74) is 3.40. The molecular formula is C23H24N2O3. The van der Waals surface area contributed by atoms with Gasteiger partial charge in [-0.15, -0.1) is 0 Å². The molecule has 2 aromatic carbocycles. The molecule has 1 aliphatic rings. The van der Waals surface area contributed by atoms with Crippen LogP contribution in [-0.4, -0.2) is 40.0 Å². The van der Waals surface area contributed by atoms with Crippen LogP contribution in [0, 0.1) is 0 Å². The molecule has 1 aliphatic heterocycles. The van der Waals surface area contributed by atoms with Crippen LogP contribution < -0.4 is 4.74 Å². The summed E-state index contributed by atoms with van der Waals surface area (Å²) in [5.74, 6) is 0.596. The van der Waals surface area contributed by atoms with Crippen molar-refractivity contribution in [3.05, 3.63) is 71.9 Å². The number of pyridine rings is 1. The van der Waals surface area contributed by atoms with Crippen LogP contribution in [0.3, 0.4) is 0 Å². The molecule has 144 valence electrons. The number of nitrogens with zero attached hydrogens (tertiary/aromatic N) is 2. The summed E-state index contributed by atoms with van der Waals surface area (Å²) in [7, 11) is 0. The number of aromatic nitrogens is 1. The van der Waals surface area contributed by atoms with Crippen LogP contribution in [0.1, 0.15) is 24.0 Å². The first-order chi connectivity index (χ1) is 13.7. The summed E-state index contributed by atoms with van der Waals surface area (Å²) in [4.78, 5) is 18.7. The molecule has 1 atom stereocenters. The van der Waals surface area contributed by atoms with Gasteiger partial charge in [-0.1, -0.05) is 42.5 Å². The first kappa shape index (κ1) is 18.6. The standard InChI is InChI=1S/C23H24N2O3/c26-20(15-25-13-18-5-1-2-6-19(18)14-25)10-11-21(27)16-28-22-9-3-7-17-8-4-12-24-23(17)22/h1-9,12,20,26H,10-11,13-16H2. The molecule has 0 radical (unpaired) electrons. The number of carbonyl (C=O) groups excluding carboxylic acids is 1. The maximum atomic E-state index is 12.2. The van der Waals surface area contributed by atoms with Crippen LogP contribution in [-0.2, 0) is 17.9 Å². The van der Waals surface area contributed by atoms with Crippen LogP contribution in [0.2, 0.25) is 0 Å². The Hall–Kier alpha value is -2.76. The molecule has 0 bridgehead atoms. The number of carbonyl (C=O) groups is 1. The molecule has 0 fully saturated rings. The predicted octanol–water partition coefficient (Wildman–Crippen LogP) is 3.34. The normalized spacial score (nSPS) is 14.8. The summed E-state index contributed by atoms with van der Waals surface area (Å²) in [6.07, 6.45) is 1.95. The molecule has 1 N–H and O–H groups in total. The van der Waals surface area contributed by atoms with E-state index in [4.69, 9.17) is 4.74 Å². The Labute approximate surface area is 164 Å². The Morgan fingerprint density at radius 2 is 1.82 bits per heavy atom.